The summed E-state index contributed by atoms with van der Waals surface area (Å²) in [6, 6.07) is 7.84. The largest absolute Gasteiger partial charge is 0.338 e. The lowest BCUT2D eigenvalue weighted by atomic mass is 10.0. The molecule has 0 bridgehead atoms. The Morgan fingerprint density at radius 3 is 2.74 bits per heavy atom. The van der Waals surface area contributed by atoms with E-state index in [0.717, 1.165) is 24.1 Å². The summed E-state index contributed by atoms with van der Waals surface area (Å²) in [5, 5.41) is 4.63. The summed E-state index contributed by atoms with van der Waals surface area (Å²) >= 11 is 0. The Bertz CT molecular complexity index is 472. The van der Waals surface area contributed by atoms with Crippen LogP contribution in [0.15, 0.2) is 24.3 Å². The molecule has 1 atom stereocenters. The third kappa shape index (κ3) is 3.26. The Hall–Kier alpha value is -1.55. The highest BCUT2D eigenvalue weighted by atomic mass is 16.2. The second-order valence-corrected chi connectivity index (χ2v) is 5.98. The first-order valence-corrected chi connectivity index (χ1v) is 6.86. The number of hydrogen-bond donors (Lipinski definition) is 2. The van der Waals surface area contributed by atoms with E-state index in [4.69, 9.17) is 0 Å². The zero-order valence-electron chi connectivity index (χ0n) is 12.2. The molecule has 0 saturated carbocycles. The smallest absolute Gasteiger partial charge is 0.317 e. The molecule has 0 radical (unpaired) electrons. The van der Waals surface area contributed by atoms with Crippen molar-refractivity contribution in [1.29, 1.82) is 0 Å². The lowest BCUT2D eigenvalue weighted by Gasteiger charge is -2.25. The van der Waals surface area contributed by atoms with Crippen molar-refractivity contribution >= 4 is 11.7 Å². The van der Waals surface area contributed by atoms with Crippen molar-refractivity contribution < 1.29 is 4.79 Å². The van der Waals surface area contributed by atoms with Crippen molar-refractivity contribution in [1.82, 2.24) is 10.7 Å². The molecular formula is C15H23N3O. The molecule has 1 aromatic carbocycles. The van der Waals surface area contributed by atoms with Crippen LogP contribution in [-0.4, -0.2) is 11.7 Å². The summed E-state index contributed by atoms with van der Waals surface area (Å²) in [4.78, 5) is 12.1. The summed E-state index contributed by atoms with van der Waals surface area (Å²) < 4.78 is 0. The van der Waals surface area contributed by atoms with Gasteiger partial charge in [-0.2, -0.15) is 0 Å². The monoisotopic (exact) mass is 261 g/mol. The van der Waals surface area contributed by atoms with Gasteiger partial charge in [-0.25, -0.2) is 15.2 Å². The molecular weight excluding hydrogens is 238 g/mol. The summed E-state index contributed by atoms with van der Waals surface area (Å²) in [6.45, 7) is 8.44. The normalized spacial score (nSPS) is 23.0. The molecule has 0 aromatic heterocycles. The van der Waals surface area contributed by atoms with E-state index in [1.165, 1.54) is 0 Å². The second-order valence-electron chi connectivity index (χ2n) is 5.98. The molecule has 0 spiro atoms. The molecule has 104 valence electrons. The van der Waals surface area contributed by atoms with Crippen molar-refractivity contribution in [3.63, 3.8) is 0 Å². The average molecular weight is 261 g/mol. The maximum atomic E-state index is 12.1. The van der Waals surface area contributed by atoms with Gasteiger partial charge in [-0.05, 0) is 50.3 Å². The van der Waals surface area contributed by atoms with Crippen LogP contribution >= 0.6 is 0 Å². The number of carbonyl (C=O) groups excluding carboxylic acids is 1. The first kappa shape index (κ1) is 13.9. The fraction of sp³-hybridized carbons (Fsp3) is 0.533. The van der Waals surface area contributed by atoms with Crippen LogP contribution < -0.4 is 15.8 Å². The lowest BCUT2D eigenvalue weighted by molar-refractivity contribution is 0.245. The van der Waals surface area contributed by atoms with Gasteiger partial charge in [0, 0.05) is 0 Å². The van der Waals surface area contributed by atoms with Gasteiger partial charge in [-0.1, -0.05) is 26.0 Å². The zero-order valence-corrected chi connectivity index (χ0v) is 12.2. The van der Waals surface area contributed by atoms with Crippen LogP contribution in [0.2, 0.25) is 0 Å². The van der Waals surface area contributed by atoms with Crippen LogP contribution in [0.4, 0.5) is 10.5 Å². The molecule has 2 N–H and O–H groups in total. The van der Waals surface area contributed by atoms with Crippen LogP contribution in [0, 0.1) is 12.8 Å². The number of aryl methyl sites for hydroxylation is 1. The standard InChI is InChI=1S/C15H23N3O/c1-11(2)8-9-15(4)16-14(19)18(17-15)13-7-5-6-12(3)10-13/h5-7,10-11,17H,8-9H2,1-4H3,(H,16,19). The molecule has 2 rings (SSSR count). The molecule has 1 unspecified atom stereocenters. The Morgan fingerprint density at radius 1 is 1.37 bits per heavy atom. The molecule has 0 aliphatic carbocycles. The number of hydrazine groups is 1. The molecule has 2 amide bonds. The number of carbonyl (C=O) groups is 1. The van der Waals surface area contributed by atoms with E-state index in [2.05, 4.69) is 24.6 Å². The lowest BCUT2D eigenvalue weighted by Crippen LogP contribution is -2.48. The molecule has 19 heavy (non-hydrogen) atoms. The predicted octanol–water partition coefficient (Wildman–Crippen LogP) is 3.18. The van der Waals surface area contributed by atoms with Crippen LogP contribution in [-0.2, 0) is 0 Å². The first-order chi connectivity index (χ1) is 8.89. The SMILES string of the molecule is Cc1cccc(N2NC(C)(CCC(C)C)NC2=O)c1. The Morgan fingerprint density at radius 2 is 2.11 bits per heavy atom. The number of amides is 2. The minimum absolute atomic E-state index is 0.0862. The number of benzene rings is 1. The van der Waals surface area contributed by atoms with E-state index in [0.29, 0.717) is 5.92 Å². The topological polar surface area (TPSA) is 44.4 Å². The van der Waals surface area contributed by atoms with Gasteiger partial charge in [-0.15, -0.1) is 0 Å². The van der Waals surface area contributed by atoms with Crippen LogP contribution in [0.1, 0.15) is 39.2 Å². The molecule has 1 heterocycles. The minimum Gasteiger partial charge on any atom is -0.317 e. The van der Waals surface area contributed by atoms with Gasteiger partial charge in [0.1, 0.15) is 5.66 Å². The van der Waals surface area contributed by atoms with Gasteiger partial charge >= 0.3 is 6.03 Å². The Balaban J connectivity index is 2.11. The highest BCUT2D eigenvalue weighted by Gasteiger charge is 2.38. The molecule has 1 fully saturated rings. The van der Waals surface area contributed by atoms with Crippen molar-refractivity contribution in [2.24, 2.45) is 5.92 Å². The maximum Gasteiger partial charge on any atom is 0.338 e. The quantitative estimate of drug-likeness (QED) is 0.874. The van der Waals surface area contributed by atoms with Crippen LogP contribution in [0.3, 0.4) is 0 Å². The van der Waals surface area contributed by atoms with E-state index < -0.39 is 0 Å². The van der Waals surface area contributed by atoms with Crippen molar-refractivity contribution in [3.8, 4) is 0 Å². The van der Waals surface area contributed by atoms with E-state index >= 15 is 0 Å². The Labute approximate surface area is 115 Å². The molecule has 1 aromatic rings. The molecule has 4 heteroatoms. The highest BCUT2D eigenvalue weighted by Crippen LogP contribution is 2.23. The van der Waals surface area contributed by atoms with Crippen molar-refractivity contribution in [2.75, 3.05) is 5.01 Å². The minimum atomic E-state index is -0.356. The summed E-state index contributed by atoms with van der Waals surface area (Å²) in [5.74, 6) is 0.628. The number of nitrogens with zero attached hydrogens (tertiary/aromatic N) is 1. The average Bonchev–Trinajstić information content (AvgIpc) is 2.63. The molecule has 1 aliphatic rings. The summed E-state index contributed by atoms with van der Waals surface area (Å²) in [7, 11) is 0. The van der Waals surface area contributed by atoms with Gasteiger partial charge in [0.2, 0.25) is 0 Å². The fourth-order valence-electron chi connectivity index (χ4n) is 2.26. The second kappa shape index (κ2) is 5.21. The molecule has 1 saturated heterocycles. The van der Waals surface area contributed by atoms with E-state index in [1.54, 1.807) is 5.01 Å². The van der Waals surface area contributed by atoms with E-state index in [1.807, 2.05) is 38.1 Å². The van der Waals surface area contributed by atoms with Crippen molar-refractivity contribution in [2.45, 2.75) is 46.2 Å². The summed E-state index contributed by atoms with van der Waals surface area (Å²) in [6.07, 6.45) is 1.99. The number of hydrogen-bond acceptors (Lipinski definition) is 2. The van der Waals surface area contributed by atoms with Gasteiger partial charge in [0.05, 0.1) is 5.69 Å². The Kier molecular flexibility index (Phi) is 3.80. The highest BCUT2D eigenvalue weighted by molar-refractivity contribution is 5.93. The third-order valence-corrected chi connectivity index (χ3v) is 3.43. The van der Waals surface area contributed by atoms with Gasteiger partial charge in [-0.3, -0.25) is 0 Å². The maximum absolute atomic E-state index is 12.1. The zero-order chi connectivity index (χ0) is 14.0. The first-order valence-electron chi connectivity index (χ1n) is 6.86. The number of rotatable bonds is 4. The van der Waals surface area contributed by atoms with Crippen LogP contribution in [0.5, 0.6) is 0 Å². The van der Waals surface area contributed by atoms with Crippen molar-refractivity contribution in [3.05, 3.63) is 29.8 Å². The predicted molar refractivity (Wildman–Crippen MR) is 77.8 cm³/mol. The van der Waals surface area contributed by atoms with E-state index in [9.17, 15) is 4.79 Å². The third-order valence-electron chi connectivity index (χ3n) is 3.43. The molecule has 4 nitrogen and oxygen atoms in total. The van der Waals surface area contributed by atoms with Gasteiger partial charge in [0.15, 0.2) is 0 Å². The summed E-state index contributed by atoms with van der Waals surface area (Å²) in [5.41, 5.74) is 4.95. The van der Waals surface area contributed by atoms with Gasteiger partial charge < -0.3 is 5.32 Å². The number of urea groups is 1. The number of nitrogens with one attached hydrogen (secondary N) is 2. The van der Waals surface area contributed by atoms with Gasteiger partial charge in [0.25, 0.3) is 0 Å². The van der Waals surface area contributed by atoms with E-state index in [-0.39, 0.29) is 11.7 Å². The number of anilines is 1. The van der Waals surface area contributed by atoms with Crippen LogP contribution in [0.25, 0.3) is 0 Å². The molecule has 1 aliphatic heterocycles. The fourth-order valence-corrected chi connectivity index (χ4v) is 2.26.